The molecule has 0 spiro atoms. The molecule has 23 heavy (non-hydrogen) atoms. The standard InChI is InChI=1S/C13H16F2N4OS.C2H6/c1-4-21-10-6-9-8(5-7(10)11(20)18-16)17-12(19(9)3)13(2,14)15;1-2/h5-6H,4,16H2,1-3H3,(H,18,20);1-2H3. The third kappa shape index (κ3) is 4.00. The van der Waals surface area contributed by atoms with E-state index in [1.165, 1.54) is 29.4 Å². The van der Waals surface area contributed by atoms with Gasteiger partial charge >= 0.3 is 5.92 Å². The van der Waals surface area contributed by atoms with Crippen molar-refractivity contribution in [2.75, 3.05) is 5.75 Å². The molecule has 0 aliphatic carbocycles. The van der Waals surface area contributed by atoms with E-state index in [0.717, 1.165) is 12.7 Å². The second kappa shape index (κ2) is 7.74. The predicted octanol–water partition coefficient (Wildman–Crippen LogP) is 3.43. The molecular formula is C15H22F2N4OS. The summed E-state index contributed by atoms with van der Waals surface area (Å²) >= 11 is 1.44. The molecule has 8 heteroatoms. The molecule has 5 nitrogen and oxygen atoms in total. The van der Waals surface area contributed by atoms with E-state index < -0.39 is 11.8 Å². The first kappa shape index (κ1) is 19.4. The van der Waals surface area contributed by atoms with E-state index in [-0.39, 0.29) is 5.82 Å². The average molecular weight is 344 g/mol. The molecule has 0 saturated carbocycles. The number of carbonyl (C=O) groups is 1. The van der Waals surface area contributed by atoms with Crippen LogP contribution >= 0.6 is 11.8 Å². The van der Waals surface area contributed by atoms with Gasteiger partial charge in [0.1, 0.15) is 0 Å². The second-order valence-electron chi connectivity index (χ2n) is 4.63. The van der Waals surface area contributed by atoms with Crippen molar-refractivity contribution in [2.24, 2.45) is 12.9 Å². The molecule has 1 amide bonds. The molecule has 1 aromatic heterocycles. The minimum atomic E-state index is -3.05. The Morgan fingerprint density at radius 1 is 1.43 bits per heavy atom. The normalized spacial score (nSPS) is 11.1. The number of carbonyl (C=O) groups excluding carboxylic acids is 1. The zero-order chi connectivity index (χ0) is 17.8. The molecule has 0 bridgehead atoms. The summed E-state index contributed by atoms with van der Waals surface area (Å²) in [5.74, 6) is 2.04. The highest BCUT2D eigenvalue weighted by molar-refractivity contribution is 7.99. The van der Waals surface area contributed by atoms with Crippen molar-refractivity contribution < 1.29 is 13.6 Å². The zero-order valence-electron chi connectivity index (χ0n) is 13.9. The summed E-state index contributed by atoms with van der Waals surface area (Å²) in [6, 6.07) is 3.18. The van der Waals surface area contributed by atoms with Crippen LogP contribution < -0.4 is 11.3 Å². The second-order valence-corrected chi connectivity index (χ2v) is 5.93. The Hall–Kier alpha value is -1.67. The number of nitrogens with two attached hydrogens (primary N) is 1. The van der Waals surface area contributed by atoms with Gasteiger partial charge < -0.3 is 4.57 Å². The highest BCUT2D eigenvalue weighted by Gasteiger charge is 2.31. The molecule has 0 unspecified atom stereocenters. The number of aromatic nitrogens is 2. The van der Waals surface area contributed by atoms with E-state index in [1.807, 2.05) is 20.8 Å². The van der Waals surface area contributed by atoms with Crippen LogP contribution in [0.25, 0.3) is 11.0 Å². The Kier molecular flexibility index (Phi) is 6.52. The lowest BCUT2D eigenvalue weighted by Gasteiger charge is -2.10. The summed E-state index contributed by atoms with van der Waals surface area (Å²) in [6.07, 6.45) is 0. The SMILES string of the molecule is CC.CCSc1cc2c(cc1C(=O)NN)nc(C(C)(F)F)n2C. The Bertz CT molecular complexity index is 695. The van der Waals surface area contributed by atoms with Gasteiger partial charge in [-0.25, -0.2) is 10.8 Å². The third-order valence-corrected chi connectivity index (χ3v) is 3.99. The van der Waals surface area contributed by atoms with Crippen LogP contribution in [-0.4, -0.2) is 21.2 Å². The van der Waals surface area contributed by atoms with Crippen LogP contribution in [-0.2, 0) is 13.0 Å². The first-order chi connectivity index (χ1) is 10.8. The number of thioether (sulfide) groups is 1. The molecule has 0 aliphatic heterocycles. The lowest BCUT2D eigenvalue weighted by atomic mass is 10.2. The Morgan fingerprint density at radius 2 is 2.04 bits per heavy atom. The molecule has 0 aliphatic rings. The molecule has 0 saturated heterocycles. The number of rotatable bonds is 4. The molecule has 1 aromatic carbocycles. The van der Waals surface area contributed by atoms with Gasteiger partial charge in [-0.2, -0.15) is 8.78 Å². The van der Waals surface area contributed by atoms with Crippen molar-refractivity contribution in [3.8, 4) is 0 Å². The highest BCUT2D eigenvalue weighted by Crippen LogP contribution is 2.32. The van der Waals surface area contributed by atoms with E-state index in [9.17, 15) is 13.6 Å². The monoisotopic (exact) mass is 344 g/mol. The van der Waals surface area contributed by atoms with Gasteiger partial charge in [0.05, 0.1) is 16.6 Å². The summed E-state index contributed by atoms with van der Waals surface area (Å²) in [6.45, 7) is 6.73. The van der Waals surface area contributed by atoms with Gasteiger partial charge in [0, 0.05) is 18.9 Å². The fourth-order valence-corrected chi connectivity index (χ4v) is 2.95. The van der Waals surface area contributed by atoms with Crippen molar-refractivity contribution in [1.29, 1.82) is 0 Å². The van der Waals surface area contributed by atoms with Crippen LogP contribution in [0.1, 0.15) is 43.9 Å². The lowest BCUT2D eigenvalue weighted by Crippen LogP contribution is -2.30. The molecule has 0 fully saturated rings. The predicted molar refractivity (Wildman–Crippen MR) is 89.7 cm³/mol. The molecule has 0 radical (unpaired) electrons. The van der Waals surface area contributed by atoms with E-state index in [4.69, 9.17) is 5.84 Å². The number of nitrogens with zero attached hydrogens (tertiary/aromatic N) is 2. The van der Waals surface area contributed by atoms with Crippen molar-refractivity contribution in [2.45, 2.75) is 38.5 Å². The number of nitrogen functional groups attached to an aromatic ring is 1. The van der Waals surface area contributed by atoms with Crippen molar-refractivity contribution in [3.63, 3.8) is 0 Å². The van der Waals surface area contributed by atoms with E-state index >= 15 is 0 Å². The first-order valence-corrected chi connectivity index (χ1v) is 8.30. The van der Waals surface area contributed by atoms with Crippen molar-refractivity contribution in [3.05, 3.63) is 23.5 Å². The van der Waals surface area contributed by atoms with E-state index in [1.54, 1.807) is 6.07 Å². The third-order valence-electron chi connectivity index (χ3n) is 3.05. The van der Waals surface area contributed by atoms with E-state index in [0.29, 0.717) is 21.5 Å². The average Bonchev–Trinajstić information content (AvgIpc) is 2.85. The maximum absolute atomic E-state index is 13.5. The Balaban J connectivity index is 0.00000127. The first-order valence-electron chi connectivity index (χ1n) is 7.32. The topological polar surface area (TPSA) is 72.9 Å². The fourth-order valence-electron chi connectivity index (χ4n) is 2.14. The zero-order valence-corrected chi connectivity index (χ0v) is 14.7. The number of nitrogens with one attached hydrogen (secondary N) is 1. The maximum Gasteiger partial charge on any atom is 0.302 e. The number of alkyl halides is 2. The largest absolute Gasteiger partial charge is 0.326 e. The van der Waals surface area contributed by atoms with Crippen LogP contribution in [0.5, 0.6) is 0 Å². The van der Waals surface area contributed by atoms with Crippen LogP contribution in [0.3, 0.4) is 0 Å². The molecular weight excluding hydrogens is 322 g/mol. The van der Waals surface area contributed by atoms with Gasteiger partial charge in [0.2, 0.25) is 0 Å². The smallest absolute Gasteiger partial charge is 0.302 e. The van der Waals surface area contributed by atoms with Gasteiger partial charge in [-0.3, -0.25) is 10.2 Å². The summed E-state index contributed by atoms with van der Waals surface area (Å²) in [5.41, 5.74) is 3.29. The summed E-state index contributed by atoms with van der Waals surface area (Å²) in [4.78, 5) is 16.4. The lowest BCUT2D eigenvalue weighted by molar-refractivity contribution is 0.00548. The van der Waals surface area contributed by atoms with Gasteiger partial charge in [-0.05, 0) is 17.9 Å². The number of benzene rings is 1. The summed E-state index contributed by atoms with van der Waals surface area (Å²) in [7, 11) is 1.53. The van der Waals surface area contributed by atoms with Crippen LogP contribution in [0.15, 0.2) is 17.0 Å². The maximum atomic E-state index is 13.5. The Labute approximate surface area is 138 Å². The number of hydrazine groups is 1. The van der Waals surface area contributed by atoms with Gasteiger partial charge in [-0.1, -0.05) is 20.8 Å². The minimum absolute atomic E-state index is 0.334. The number of hydrogen-bond acceptors (Lipinski definition) is 4. The van der Waals surface area contributed by atoms with E-state index in [2.05, 4.69) is 10.4 Å². The van der Waals surface area contributed by atoms with Gasteiger partial charge in [0.15, 0.2) is 5.82 Å². The van der Waals surface area contributed by atoms with Gasteiger partial charge in [-0.15, -0.1) is 11.8 Å². The molecule has 2 aromatic rings. The Morgan fingerprint density at radius 3 is 2.52 bits per heavy atom. The van der Waals surface area contributed by atoms with Crippen molar-refractivity contribution >= 4 is 28.7 Å². The number of hydrogen-bond donors (Lipinski definition) is 2. The van der Waals surface area contributed by atoms with Crippen LogP contribution in [0.4, 0.5) is 8.78 Å². The number of amides is 1. The van der Waals surface area contributed by atoms with Crippen LogP contribution in [0.2, 0.25) is 0 Å². The summed E-state index contributed by atoms with van der Waals surface area (Å²) in [5, 5.41) is 0. The molecule has 1 heterocycles. The number of fused-ring (bicyclic) bond motifs is 1. The van der Waals surface area contributed by atoms with Crippen molar-refractivity contribution in [1.82, 2.24) is 15.0 Å². The van der Waals surface area contributed by atoms with Crippen LogP contribution in [0, 0.1) is 0 Å². The molecule has 0 atom stereocenters. The number of aryl methyl sites for hydroxylation is 1. The van der Waals surface area contributed by atoms with Gasteiger partial charge in [0.25, 0.3) is 5.91 Å². The number of imidazole rings is 1. The number of halogens is 2. The molecule has 2 rings (SSSR count). The fraction of sp³-hybridized carbons (Fsp3) is 0.467. The quantitative estimate of drug-likeness (QED) is 0.386. The molecule has 128 valence electrons. The highest BCUT2D eigenvalue weighted by atomic mass is 32.2. The minimum Gasteiger partial charge on any atom is -0.326 e. The summed E-state index contributed by atoms with van der Waals surface area (Å²) < 4.78 is 28.4. The molecule has 3 N–H and O–H groups in total.